The molecule has 2 aromatic heterocycles. The quantitative estimate of drug-likeness (QED) is 0.486. The Kier molecular flexibility index (Phi) is 7.65. The highest BCUT2D eigenvalue weighted by Crippen LogP contribution is 2.30. The van der Waals surface area contributed by atoms with Gasteiger partial charge in [0.2, 0.25) is 5.91 Å². The summed E-state index contributed by atoms with van der Waals surface area (Å²) >= 11 is 6.21. The molecule has 7 nitrogen and oxygen atoms in total. The molecule has 1 amide bonds. The summed E-state index contributed by atoms with van der Waals surface area (Å²) in [6.45, 7) is 6.54. The maximum Gasteiger partial charge on any atom is 0.221 e. The molecular formula is C22H27ClN4O3. The third-order valence-electron chi connectivity index (χ3n) is 4.50. The normalized spacial score (nSPS) is 11.2. The Morgan fingerprint density at radius 1 is 1.30 bits per heavy atom. The minimum absolute atomic E-state index is 0.0199. The minimum atomic E-state index is -0.0199. The number of rotatable bonds is 10. The first kappa shape index (κ1) is 22.1. The molecule has 1 N–H and O–H groups in total. The van der Waals surface area contributed by atoms with Crippen molar-refractivity contribution in [3.63, 3.8) is 0 Å². The Morgan fingerprint density at radius 3 is 2.83 bits per heavy atom. The number of aromatic nitrogens is 2. The summed E-state index contributed by atoms with van der Waals surface area (Å²) in [5.74, 6) is 2.20. The largest absolute Gasteiger partial charge is 0.461 e. The summed E-state index contributed by atoms with van der Waals surface area (Å²) in [6, 6.07) is 9.20. The lowest BCUT2D eigenvalue weighted by Crippen LogP contribution is -2.34. The van der Waals surface area contributed by atoms with Gasteiger partial charge in [-0.25, -0.2) is 9.97 Å². The van der Waals surface area contributed by atoms with Crippen LogP contribution in [0.1, 0.15) is 20.3 Å². The first-order chi connectivity index (χ1) is 14.5. The molecule has 3 rings (SSSR count). The molecule has 0 aliphatic carbocycles. The summed E-state index contributed by atoms with van der Waals surface area (Å²) < 4.78 is 10.5. The van der Waals surface area contributed by atoms with Gasteiger partial charge in [-0.2, -0.15) is 0 Å². The second kappa shape index (κ2) is 10.4. The van der Waals surface area contributed by atoms with Gasteiger partial charge in [0.05, 0.1) is 18.4 Å². The van der Waals surface area contributed by atoms with Crippen molar-refractivity contribution in [2.75, 3.05) is 38.3 Å². The average Bonchev–Trinajstić information content (AvgIpc) is 3.25. The number of fused-ring (bicyclic) bond motifs is 1. The van der Waals surface area contributed by atoms with Gasteiger partial charge in [-0.05, 0) is 36.2 Å². The Morgan fingerprint density at radius 2 is 2.13 bits per heavy atom. The van der Waals surface area contributed by atoms with Crippen molar-refractivity contribution in [1.29, 1.82) is 0 Å². The highest BCUT2D eigenvalue weighted by molar-refractivity contribution is 6.31. The number of furan rings is 1. The molecule has 0 aliphatic rings. The van der Waals surface area contributed by atoms with Crippen LogP contribution >= 0.6 is 11.6 Å². The molecule has 1 aromatic carbocycles. The molecule has 0 unspecified atom stereocenters. The van der Waals surface area contributed by atoms with Gasteiger partial charge in [-0.15, -0.1) is 0 Å². The number of benzene rings is 1. The van der Waals surface area contributed by atoms with Crippen LogP contribution < -0.4 is 10.2 Å². The number of ether oxygens (including phenoxy) is 1. The summed E-state index contributed by atoms with van der Waals surface area (Å²) in [6.07, 6.45) is 1.95. The number of amides is 1. The van der Waals surface area contributed by atoms with Crippen molar-refractivity contribution >= 4 is 34.2 Å². The topological polar surface area (TPSA) is 80.5 Å². The fourth-order valence-electron chi connectivity index (χ4n) is 3.18. The molecule has 30 heavy (non-hydrogen) atoms. The number of nitrogens with one attached hydrogen (secondary N) is 1. The van der Waals surface area contributed by atoms with E-state index >= 15 is 0 Å². The maximum absolute atomic E-state index is 12.2. The molecule has 3 aromatic rings. The van der Waals surface area contributed by atoms with Crippen LogP contribution in [0.5, 0.6) is 0 Å². The number of anilines is 1. The second-order valence-corrected chi connectivity index (χ2v) is 7.88. The van der Waals surface area contributed by atoms with Gasteiger partial charge >= 0.3 is 0 Å². The number of hydrogen-bond acceptors (Lipinski definition) is 6. The van der Waals surface area contributed by atoms with E-state index in [1.165, 1.54) is 0 Å². The van der Waals surface area contributed by atoms with E-state index in [0.29, 0.717) is 48.6 Å². The summed E-state index contributed by atoms with van der Waals surface area (Å²) in [5, 5.41) is 4.35. The summed E-state index contributed by atoms with van der Waals surface area (Å²) in [4.78, 5) is 23.8. The lowest BCUT2D eigenvalue weighted by molar-refractivity contribution is -0.121. The van der Waals surface area contributed by atoms with Crippen LogP contribution in [0.3, 0.4) is 0 Å². The molecular weight excluding hydrogens is 404 g/mol. The maximum atomic E-state index is 12.2. The van der Waals surface area contributed by atoms with Gasteiger partial charge in [-0.3, -0.25) is 4.79 Å². The first-order valence-corrected chi connectivity index (χ1v) is 10.4. The Bertz CT molecular complexity index is 976. The smallest absolute Gasteiger partial charge is 0.221 e. The third-order valence-corrected chi connectivity index (χ3v) is 4.74. The highest BCUT2D eigenvalue weighted by atomic mass is 35.5. The first-order valence-electron chi connectivity index (χ1n) is 9.99. The van der Waals surface area contributed by atoms with E-state index in [4.69, 9.17) is 25.7 Å². The van der Waals surface area contributed by atoms with Gasteiger partial charge in [-0.1, -0.05) is 25.4 Å². The van der Waals surface area contributed by atoms with E-state index in [1.807, 2.05) is 24.3 Å². The average molecular weight is 431 g/mol. The van der Waals surface area contributed by atoms with Crippen molar-refractivity contribution in [2.24, 2.45) is 5.92 Å². The Hall–Kier alpha value is -2.64. The van der Waals surface area contributed by atoms with Gasteiger partial charge < -0.3 is 19.4 Å². The van der Waals surface area contributed by atoms with Crippen LogP contribution in [0.4, 0.5) is 5.82 Å². The van der Waals surface area contributed by atoms with Crippen molar-refractivity contribution in [2.45, 2.75) is 20.3 Å². The SMILES string of the molecule is COCCNC(=O)CCN(CC(C)C)c1nc(-c2ccco2)nc2cc(Cl)ccc12. The fraction of sp³-hybridized carbons (Fsp3) is 0.409. The molecule has 2 heterocycles. The summed E-state index contributed by atoms with van der Waals surface area (Å²) in [7, 11) is 1.61. The van der Waals surface area contributed by atoms with Gasteiger partial charge in [0.15, 0.2) is 11.6 Å². The Balaban J connectivity index is 1.95. The van der Waals surface area contributed by atoms with Gasteiger partial charge in [0.1, 0.15) is 5.82 Å². The predicted molar refractivity (Wildman–Crippen MR) is 119 cm³/mol. The number of hydrogen-bond donors (Lipinski definition) is 1. The van der Waals surface area contributed by atoms with E-state index in [-0.39, 0.29) is 5.91 Å². The van der Waals surface area contributed by atoms with Gasteiger partial charge in [0.25, 0.3) is 0 Å². The van der Waals surface area contributed by atoms with Crippen LogP contribution in [0.15, 0.2) is 41.0 Å². The molecule has 0 saturated carbocycles. The van der Waals surface area contributed by atoms with E-state index < -0.39 is 0 Å². The summed E-state index contributed by atoms with van der Waals surface area (Å²) in [5.41, 5.74) is 0.734. The van der Waals surface area contributed by atoms with Crippen LogP contribution in [0.2, 0.25) is 5.02 Å². The number of nitrogens with zero attached hydrogens (tertiary/aromatic N) is 3. The molecule has 0 saturated heterocycles. The zero-order chi connectivity index (χ0) is 21.5. The zero-order valence-electron chi connectivity index (χ0n) is 17.5. The molecule has 0 fully saturated rings. The van der Waals surface area contributed by atoms with Crippen molar-refractivity contribution < 1.29 is 13.9 Å². The van der Waals surface area contributed by atoms with Crippen LogP contribution in [-0.2, 0) is 9.53 Å². The van der Waals surface area contributed by atoms with Crippen LogP contribution in [0.25, 0.3) is 22.5 Å². The molecule has 0 radical (unpaired) electrons. The molecule has 0 atom stereocenters. The number of carbonyl (C=O) groups is 1. The van der Waals surface area contributed by atoms with Crippen LogP contribution in [0, 0.1) is 5.92 Å². The predicted octanol–water partition coefficient (Wildman–Crippen LogP) is 4.16. The van der Waals surface area contributed by atoms with Crippen molar-refractivity contribution in [3.05, 3.63) is 41.6 Å². The molecule has 0 spiro atoms. The number of carbonyl (C=O) groups excluding carboxylic acids is 1. The molecule has 8 heteroatoms. The van der Waals surface area contributed by atoms with E-state index in [1.54, 1.807) is 19.4 Å². The standard InChI is InChI=1S/C22H27ClN4O3/c1-15(2)14-27(10-8-20(28)24-9-12-29-3)22-17-7-6-16(23)13-18(17)25-21(26-22)19-5-4-11-30-19/h4-7,11,13,15H,8-10,12,14H2,1-3H3,(H,24,28). The second-order valence-electron chi connectivity index (χ2n) is 7.44. The zero-order valence-corrected chi connectivity index (χ0v) is 18.3. The lowest BCUT2D eigenvalue weighted by atomic mass is 10.1. The van der Waals surface area contributed by atoms with Crippen LogP contribution in [-0.4, -0.2) is 49.2 Å². The third kappa shape index (κ3) is 5.70. The number of methoxy groups -OCH3 is 1. The molecule has 0 aliphatic heterocycles. The fourth-order valence-corrected chi connectivity index (χ4v) is 3.35. The number of halogens is 1. The Labute approximate surface area is 181 Å². The van der Waals surface area contributed by atoms with Crippen molar-refractivity contribution in [3.8, 4) is 11.6 Å². The lowest BCUT2D eigenvalue weighted by Gasteiger charge is -2.27. The highest BCUT2D eigenvalue weighted by Gasteiger charge is 2.19. The molecule has 0 bridgehead atoms. The van der Waals surface area contributed by atoms with Crippen molar-refractivity contribution in [1.82, 2.24) is 15.3 Å². The minimum Gasteiger partial charge on any atom is -0.461 e. The monoisotopic (exact) mass is 430 g/mol. The van der Waals surface area contributed by atoms with E-state index in [9.17, 15) is 4.79 Å². The van der Waals surface area contributed by atoms with E-state index in [0.717, 1.165) is 23.3 Å². The van der Waals surface area contributed by atoms with E-state index in [2.05, 4.69) is 29.0 Å². The molecule has 160 valence electrons. The van der Waals surface area contributed by atoms with Gasteiger partial charge in [0, 0.05) is 43.6 Å².